The van der Waals surface area contributed by atoms with Crippen LogP contribution in [0.1, 0.15) is 46.0 Å². The van der Waals surface area contributed by atoms with Gasteiger partial charge in [0, 0.05) is 18.1 Å². The third kappa shape index (κ3) is 3.87. The summed E-state index contributed by atoms with van der Waals surface area (Å²) in [5, 5.41) is 14.7. The maximum absolute atomic E-state index is 12.0. The number of nitrogens with zero attached hydrogens (tertiary/aromatic N) is 1. The smallest absolute Gasteiger partial charge is 0.326 e. The van der Waals surface area contributed by atoms with Crippen LogP contribution in [0, 0.1) is 5.92 Å². The van der Waals surface area contributed by atoms with E-state index in [9.17, 15) is 9.59 Å². The van der Waals surface area contributed by atoms with Gasteiger partial charge in [0.05, 0.1) is 0 Å². The minimum atomic E-state index is -0.986. The molecule has 120 valence electrons. The standard InChI is InChI=1S/C15H27N3O3/c1-9(2)13(14(19)20)17-15(21)16-10-7-11-5-4-6-12(8-10)18(11)3/h9-13H,4-8H2,1-3H3,(H,19,20)(H2,16,17,21). The molecule has 0 spiro atoms. The van der Waals surface area contributed by atoms with E-state index in [1.807, 2.05) is 0 Å². The number of carbonyl (C=O) groups is 2. The lowest BCUT2D eigenvalue weighted by atomic mass is 9.82. The number of piperidine rings is 2. The first kappa shape index (κ1) is 16.1. The Labute approximate surface area is 126 Å². The molecule has 2 saturated heterocycles. The van der Waals surface area contributed by atoms with Crippen LogP contribution in [0.25, 0.3) is 0 Å². The molecule has 21 heavy (non-hydrogen) atoms. The van der Waals surface area contributed by atoms with Gasteiger partial charge in [0.1, 0.15) is 6.04 Å². The lowest BCUT2D eigenvalue weighted by Gasteiger charge is -2.47. The van der Waals surface area contributed by atoms with E-state index in [-0.39, 0.29) is 18.0 Å². The summed E-state index contributed by atoms with van der Waals surface area (Å²) >= 11 is 0. The maximum Gasteiger partial charge on any atom is 0.326 e. The van der Waals surface area contributed by atoms with Crippen LogP contribution in [0.5, 0.6) is 0 Å². The number of hydrogen-bond donors (Lipinski definition) is 3. The molecule has 0 radical (unpaired) electrons. The maximum atomic E-state index is 12.0. The van der Waals surface area contributed by atoms with Gasteiger partial charge < -0.3 is 20.6 Å². The zero-order valence-corrected chi connectivity index (χ0v) is 13.1. The van der Waals surface area contributed by atoms with Gasteiger partial charge in [-0.15, -0.1) is 0 Å². The molecule has 2 amide bonds. The van der Waals surface area contributed by atoms with Gasteiger partial charge in [-0.1, -0.05) is 20.3 Å². The molecule has 2 aliphatic rings. The van der Waals surface area contributed by atoms with Gasteiger partial charge >= 0.3 is 12.0 Å². The van der Waals surface area contributed by atoms with Crippen LogP contribution in [0.15, 0.2) is 0 Å². The number of carbonyl (C=O) groups excluding carboxylic acids is 1. The third-order valence-electron chi connectivity index (χ3n) is 4.89. The first-order chi connectivity index (χ1) is 9.88. The lowest BCUT2D eigenvalue weighted by Crippen LogP contribution is -2.58. The molecule has 3 atom stereocenters. The van der Waals surface area contributed by atoms with Crippen molar-refractivity contribution in [1.82, 2.24) is 15.5 Å². The normalized spacial score (nSPS) is 30.8. The zero-order chi connectivity index (χ0) is 15.6. The number of nitrogens with one attached hydrogen (secondary N) is 2. The molecule has 2 heterocycles. The molecule has 6 heteroatoms. The third-order valence-corrected chi connectivity index (χ3v) is 4.89. The Kier molecular flexibility index (Phi) is 5.08. The minimum Gasteiger partial charge on any atom is -0.480 e. The first-order valence-corrected chi connectivity index (χ1v) is 7.90. The fourth-order valence-electron chi connectivity index (χ4n) is 3.62. The van der Waals surface area contributed by atoms with E-state index in [0.29, 0.717) is 12.1 Å². The molecular weight excluding hydrogens is 270 g/mol. The monoisotopic (exact) mass is 297 g/mol. The fraction of sp³-hybridized carbons (Fsp3) is 0.867. The Morgan fingerprint density at radius 2 is 1.76 bits per heavy atom. The minimum absolute atomic E-state index is 0.134. The second-order valence-corrected chi connectivity index (χ2v) is 6.75. The van der Waals surface area contributed by atoms with Crippen molar-refractivity contribution in [2.45, 2.75) is 70.1 Å². The van der Waals surface area contributed by atoms with Gasteiger partial charge in [-0.05, 0) is 38.6 Å². The van der Waals surface area contributed by atoms with Crippen molar-refractivity contribution in [3.8, 4) is 0 Å². The zero-order valence-electron chi connectivity index (χ0n) is 13.1. The summed E-state index contributed by atoms with van der Waals surface area (Å²) in [6.45, 7) is 3.58. The molecule has 2 rings (SSSR count). The van der Waals surface area contributed by atoms with Crippen LogP contribution >= 0.6 is 0 Å². The van der Waals surface area contributed by atoms with Crippen molar-refractivity contribution < 1.29 is 14.7 Å². The van der Waals surface area contributed by atoms with E-state index >= 15 is 0 Å². The Balaban J connectivity index is 1.87. The van der Waals surface area contributed by atoms with E-state index in [2.05, 4.69) is 22.6 Å². The Morgan fingerprint density at radius 1 is 1.19 bits per heavy atom. The van der Waals surface area contributed by atoms with Crippen molar-refractivity contribution in [3.63, 3.8) is 0 Å². The number of aliphatic carboxylic acids is 1. The van der Waals surface area contributed by atoms with Gasteiger partial charge in [-0.3, -0.25) is 0 Å². The molecule has 0 aromatic rings. The van der Waals surface area contributed by atoms with Gasteiger partial charge in [0.2, 0.25) is 0 Å². The van der Waals surface area contributed by atoms with Crippen LogP contribution in [0.2, 0.25) is 0 Å². The summed E-state index contributed by atoms with van der Waals surface area (Å²) < 4.78 is 0. The molecule has 2 bridgehead atoms. The highest BCUT2D eigenvalue weighted by Gasteiger charge is 2.36. The van der Waals surface area contributed by atoms with E-state index in [4.69, 9.17) is 5.11 Å². The lowest BCUT2D eigenvalue weighted by molar-refractivity contribution is -0.140. The van der Waals surface area contributed by atoms with Crippen LogP contribution < -0.4 is 10.6 Å². The number of rotatable bonds is 4. The molecule has 0 aromatic heterocycles. The number of amides is 2. The summed E-state index contributed by atoms with van der Waals surface area (Å²) in [7, 11) is 2.17. The van der Waals surface area contributed by atoms with Crippen LogP contribution in [-0.2, 0) is 4.79 Å². The van der Waals surface area contributed by atoms with Crippen LogP contribution in [-0.4, -0.2) is 53.2 Å². The summed E-state index contributed by atoms with van der Waals surface area (Å²) in [6, 6.07) is 0.0453. The molecule has 3 N–H and O–H groups in total. The van der Waals surface area contributed by atoms with Gasteiger partial charge in [0.25, 0.3) is 0 Å². The van der Waals surface area contributed by atoms with Gasteiger partial charge in [-0.2, -0.15) is 0 Å². The van der Waals surface area contributed by atoms with E-state index in [0.717, 1.165) is 12.8 Å². The Bertz CT molecular complexity index is 386. The first-order valence-electron chi connectivity index (χ1n) is 7.90. The number of carboxylic acid groups (broad SMARTS) is 1. The molecular formula is C15H27N3O3. The molecule has 0 aromatic carbocycles. The highest BCUT2D eigenvalue weighted by atomic mass is 16.4. The molecule has 0 aliphatic carbocycles. The fourth-order valence-corrected chi connectivity index (χ4v) is 3.62. The van der Waals surface area contributed by atoms with E-state index < -0.39 is 12.0 Å². The second-order valence-electron chi connectivity index (χ2n) is 6.75. The van der Waals surface area contributed by atoms with Crippen molar-refractivity contribution in [1.29, 1.82) is 0 Å². The highest BCUT2D eigenvalue weighted by Crippen LogP contribution is 2.32. The number of fused-ring (bicyclic) bond motifs is 2. The quantitative estimate of drug-likeness (QED) is 0.733. The summed E-state index contributed by atoms with van der Waals surface area (Å²) in [5.74, 6) is -1.12. The number of urea groups is 1. The highest BCUT2D eigenvalue weighted by molar-refractivity contribution is 5.82. The molecule has 0 saturated carbocycles. The van der Waals surface area contributed by atoms with Crippen molar-refractivity contribution in [3.05, 3.63) is 0 Å². The molecule has 6 nitrogen and oxygen atoms in total. The Hall–Kier alpha value is -1.30. The van der Waals surface area contributed by atoms with Gasteiger partial charge in [0.15, 0.2) is 0 Å². The SMILES string of the molecule is CC(C)C(NC(=O)NC1CC2CCCC(C1)N2C)C(=O)O. The Morgan fingerprint density at radius 3 is 2.24 bits per heavy atom. The average molecular weight is 297 g/mol. The van der Waals surface area contributed by atoms with Gasteiger partial charge in [-0.25, -0.2) is 9.59 Å². The van der Waals surface area contributed by atoms with Crippen molar-refractivity contribution in [2.75, 3.05) is 7.05 Å². The average Bonchev–Trinajstić information content (AvgIpc) is 2.36. The van der Waals surface area contributed by atoms with Crippen LogP contribution in [0.4, 0.5) is 4.79 Å². The summed E-state index contributed by atoms with van der Waals surface area (Å²) in [6.07, 6.45) is 5.57. The summed E-state index contributed by atoms with van der Waals surface area (Å²) in [4.78, 5) is 25.6. The van der Waals surface area contributed by atoms with E-state index in [1.165, 1.54) is 19.3 Å². The van der Waals surface area contributed by atoms with Crippen molar-refractivity contribution in [2.24, 2.45) is 5.92 Å². The summed E-state index contributed by atoms with van der Waals surface area (Å²) in [5.41, 5.74) is 0. The topological polar surface area (TPSA) is 81.7 Å². The van der Waals surface area contributed by atoms with Crippen LogP contribution in [0.3, 0.4) is 0 Å². The van der Waals surface area contributed by atoms with Crippen molar-refractivity contribution >= 4 is 12.0 Å². The molecule has 2 fully saturated rings. The number of carboxylic acids is 1. The molecule has 3 unspecified atom stereocenters. The predicted octanol–water partition coefficient (Wildman–Crippen LogP) is 1.41. The largest absolute Gasteiger partial charge is 0.480 e. The second kappa shape index (κ2) is 6.64. The number of hydrogen-bond acceptors (Lipinski definition) is 3. The molecule has 2 aliphatic heterocycles. The van der Waals surface area contributed by atoms with E-state index in [1.54, 1.807) is 13.8 Å². The predicted molar refractivity (Wildman–Crippen MR) is 80.1 cm³/mol.